The van der Waals surface area contributed by atoms with E-state index < -0.39 is 54.0 Å². The zero-order chi connectivity index (χ0) is 34.3. The highest BCUT2D eigenvalue weighted by Crippen LogP contribution is 2.44. The van der Waals surface area contributed by atoms with Gasteiger partial charge in [-0.3, -0.25) is 14.4 Å². The van der Waals surface area contributed by atoms with Crippen molar-refractivity contribution in [1.82, 2.24) is 20.9 Å². The molecule has 2 aliphatic heterocycles. The lowest BCUT2D eigenvalue weighted by atomic mass is 9.98. The number of esters is 1. The van der Waals surface area contributed by atoms with Crippen LogP contribution in [0.15, 0.2) is 91.0 Å². The van der Waals surface area contributed by atoms with Crippen molar-refractivity contribution in [3.8, 4) is 11.1 Å². The molecule has 4 amide bonds. The molecule has 3 aromatic rings. The predicted octanol–water partition coefficient (Wildman–Crippen LogP) is 3.62. The fourth-order valence-electron chi connectivity index (χ4n) is 6.93. The number of hydrogen-bond acceptors (Lipinski definition) is 7. The fraction of sp³-hybridized carbons (Fsp3) is 0.342. The number of nitrogens with zero attached hydrogens (tertiary/aromatic N) is 1. The Labute approximate surface area is 285 Å². The van der Waals surface area contributed by atoms with Crippen LogP contribution in [-0.4, -0.2) is 79.1 Å². The minimum absolute atomic E-state index is 0.0720. The number of hydrogen-bond donors (Lipinski definition) is 3. The minimum Gasteiger partial charge on any atom is -0.467 e. The Bertz CT molecular complexity index is 1700. The molecule has 2 heterocycles. The Balaban J connectivity index is 1.21. The van der Waals surface area contributed by atoms with Crippen LogP contribution in [0.4, 0.5) is 4.79 Å². The second kappa shape index (κ2) is 15.2. The van der Waals surface area contributed by atoms with Crippen molar-refractivity contribution in [2.45, 2.75) is 62.2 Å². The SMILES string of the molecule is COC(=O)[C@@H]1C/C=C/C[C@H](NC(=O)OCC2c3ccccc3-c3ccccc32)C(=O)N2CCC[C@H]2C(=O)N[C@@H](Cc2ccccc2)C(=O)N1. The Kier molecular flexibility index (Phi) is 10.4. The third-order valence-corrected chi connectivity index (χ3v) is 9.40. The van der Waals surface area contributed by atoms with Crippen molar-refractivity contribution in [2.24, 2.45) is 0 Å². The maximum Gasteiger partial charge on any atom is 0.407 e. The van der Waals surface area contributed by atoms with Gasteiger partial charge in [0, 0.05) is 18.9 Å². The third-order valence-electron chi connectivity index (χ3n) is 9.40. The number of fused-ring (bicyclic) bond motifs is 4. The first kappa shape index (κ1) is 33.5. The molecule has 3 aromatic carbocycles. The number of carbonyl (C=O) groups excluding carboxylic acids is 5. The van der Waals surface area contributed by atoms with E-state index in [1.54, 1.807) is 12.2 Å². The van der Waals surface area contributed by atoms with Crippen molar-refractivity contribution in [2.75, 3.05) is 20.3 Å². The van der Waals surface area contributed by atoms with E-state index in [9.17, 15) is 24.0 Å². The summed E-state index contributed by atoms with van der Waals surface area (Å²) in [5.74, 6) is -2.26. The summed E-state index contributed by atoms with van der Waals surface area (Å²) in [5.41, 5.74) is 5.15. The molecular formula is C38H40N4O7. The molecule has 0 bridgehead atoms. The molecule has 1 aliphatic carbocycles. The number of carbonyl (C=O) groups is 5. The van der Waals surface area contributed by atoms with Crippen molar-refractivity contribution >= 4 is 29.8 Å². The molecule has 0 aromatic heterocycles. The topological polar surface area (TPSA) is 143 Å². The first-order chi connectivity index (χ1) is 23.8. The fourth-order valence-corrected chi connectivity index (χ4v) is 6.93. The summed E-state index contributed by atoms with van der Waals surface area (Å²) in [4.78, 5) is 68.6. The molecule has 1 fully saturated rings. The van der Waals surface area contributed by atoms with Crippen molar-refractivity contribution in [1.29, 1.82) is 0 Å². The average molecular weight is 665 g/mol. The van der Waals surface area contributed by atoms with Crippen LogP contribution in [-0.2, 0) is 35.1 Å². The zero-order valence-corrected chi connectivity index (χ0v) is 27.3. The van der Waals surface area contributed by atoms with Gasteiger partial charge in [-0.25, -0.2) is 9.59 Å². The van der Waals surface area contributed by atoms with Crippen LogP contribution >= 0.6 is 0 Å². The van der Waals surface area contributed by atoms with Gasteiger partial charge in [-0.05, 0) is 53.5 Å². The Morgan fingerprint density at radius 2 is 1.49 bits per heavy atom. The van der Waals surface area contributed by atoms with Gasteiger partial charge in [0.15, 0.2) is 0 Å². The Hall–Kier alpha value is -5.45. The molecule has 4 atom stereocenters. The average Bonchev–Trinajstić information content (AvgIpc) is 3.74. The molecule has 3 aliphatic rings. The maximum absolute atomic E-state index is 14.0. The first-order valence-corrected chi connectivity index (χ1v) is 16.6. The highest BCUT2D eigenvalue weighted by Gasteiger charge is 2.39. The molecular weight excluding hydrogens is 624 g/mol. The van der Waals surface area contributed by atoms with E-state index in [0.717, 1.165) is 27.8 Å². The largest absolute Gasteiger partial charge is 0.467 e. The Morgan fingerprint density at radius 1 is 0.837 bits per heavy atom. The molecule has 11 heteroatoms. The summed E-state index contributed by atoms with van der Waals surface area (Å²) in [6.45, 7) is 0.401. The molecule has 3 N–H and O–H groups in total. The molecule has 11 nitrogen and oxygen atoms in total. The molecule has 0 saturated carbocycles. The number of alkyl carbamates (subject to hydrolysis) is 1. The molecule has 0 spiro atoms. The van der Waals surface area contributed by atoms with Crippen LogP contribution in [0.5, 0.6) is 0 Å². The van der Waals surface area contributed by atoms with Crippen molar-refractivity contribution in [3.05, 3.63) is 108 Å². The van der Waals surface area contributed by atoms with Crippen LogP contribution in [0, 0.1) is 0 Å². The molecule has 1 saturated heterocycles. The maximum atomic E-state index is 14.0. The standard InChI is InChI=1S/C38H40N4O7/c1-48-37(46)31-19-10-9-18-30(41-38(47)49-23-29-27-16-7-5-14-25(27)26-15-6-8-17-28(26)29)36(45)42-21-11-20-33(42)35(44)40-32(34(43)39-31)22-24-12-3-2-4-13-24/h2-10,12-17,29-33H,11,18-23H2,1H3,(H,39,43)(H,40,44)(H,41,47)/b10-9+/t30-,31-,32-,33-/m0/s1. The molecule has 6 rings (SSSR count). The van der Waals surface area contributed by atoms with Gasteiger partial charge in [0.25, 0.3) is 0 Å². The van der Waals surface area contributed by atoms with Crippen LogP contribution in [0.1, 0.15) is 48.3 Å². The number of benzene rings is 3. The van der Waals surface area contributed by atoms with E-state index in [-0.39, 0.29) is 31.8 Å². The smallest absolute Gasteiger partial charge is 0.407 e. The summed E-state index contributed by atoms with van der Waals surface area (Å²) in [6, 6.07) is 21.3. The number of nitrogens with one attached hydrogen (secondary N) is 3. The lowest BCUT2D eigenvalue weighted by Gasteiger charge is -2.30. The van der Waals surface area contributed by atoms with E-state index in [4.69, 9.17) is 9.47 Å². The van der Waals surface area contributed by atoms with Gasteiger partial charge in [-0.1, -0.05) is 91.0 Å². The second-order valence-corrected chi connectivity index (χ2v) is 12.5. The van der Waals surface area contributed by atoms with E-state index in [0.29, 0.717) is 19.4 Å². The zero-order valence-electron chi connectivity index (χ0n) is 27.3. The first-order valence-electron chi connectivity index (χ1n) is 16.6. The third kappa shape index (κ3) is 7.51. The summed E-state index contributed by atoms with van der Waals surface area (Å²) >= 11 is 0. The lowest BCUT2D eigenvalue weighted by Crippen LogP contribution is -2.58. The van der Waals surface area contributed by atoms with Gasteiger partial charge in [0.1, 0.15) is 30.8 Å². The molecule has 0 unspecified atom stereocenters. The van der Waals surface area contributed by atoms with E-state index in [1.165, 1.54) is 12.0 Å². The van der Waals surface area contributed by atoms with Gasteiger partial charge in [-0.15, -0.1) is 0 Å². The molecule has 0 radical (unpaired) electrons. The van der Waals surface area contributed by atoms with Gasteiger partial charge in [0.2, 0.25) is 17.7 Å². The van der Waals surface area contributed by atoms with Gasteiger partial charge in [0.05, 0.1) is 7.11 Å². The number of amides is 4. The van der Waals surface area contributed by atoms with E-state index in [1.807, 2.05) is 66.7 Å². The highest BCUT2D eigenvalue weighted by atomic mass is 16.5. The minimum atomic E-state index is -1.03. The van der Waals surface area contributed by atoms with Crippen molar-refractivity contribution < 1.29 is 33.4 Å². The monoisotopic (exact) mass is 664 g/mol. The van der Waals surface area contributed by atoms with Gasteiger partial charge < -0.3 is 30.3 Å². The highest BCUT2D eigenvalue weighted by molar-refractivity contribution is 5.95. The second-order valence-electron chi connectivity index (χ2n) is 12.5. The number of rotatable bonds is 6. The quantitative estimate of drug-likeness (QED) is 0.270. The predicted molar refractivity (Wildman–Crippen MR) is 181 cm³/mol. The molecule has 254 valence electrons. The van der Waals surface area contributed by atoms with Crippen LogP contribution in [0.25, 0.3) is 11.1 Å². The summed E-state index contributed by atoms with van der Waals surface area (Å²) in [5, 5.41) is 8.31. The van der Waals surface area contributed by atoms with Crippen LogP contribution in [0.2, 0.25) is 0 Å². The Morgan fingerprint density at radius 3 is 2.18 bits per heavy atom. The number of ether oxygens (including phenoxy) is 2. The van der Waals surface area contributed by atoms with Gasteiger partial charge in [-0.2, -0.15) is 0 Å². The van der Waals surface area contributed by atoms with Crippen LogP contribution < -0.4 is 16.0 Å². The normalized spacial score (nSPS) is 23.2. The van der Waals surface area contributed by atoms with Crippen LogP contribution in [0.3, 0.4) is 0 Å². The summed E-state index contributed by atoms with van der Waals surface area (Å²) < 4.78 is 10.7. The molecule has 49 heavy (non-hydrogen) atoms. The van der Waals surface area contributed by atoms with Crippen molar-refractivity contribution in [3.63, 3.8) is 0 Å². The van der Waals surface area contributed by atoms with E-state index in [2.05, 4.69) is 28.1 Å². The summed E-state index contributed by atoms with van der Waals surface area (Å²) in [7, 11) is 1.23. The number of methoxy groups -OCH3 is 1. The lowest BCUT2D eigenvalue weighted by molar-refractivity contribution is -0.145. The van der Waals surface area contributed by atoms with Gasteiger partial charge >= 0.3 is 12.1 Å². The summed E-state index contributed by atoms with van der Waals surface area (Å²) in [6.07, 6.45) is 3.89. The van der Waals surface area contributed by atoms with E-state index >= 15 is 0 Å².